The van der Waals surface area contributed by atoms with Crippen molar-refractivity contribution >= 4 is 11.4 Å². The number of carbonyl (C=O) groups excluding carboxylic acids is 1. The van der Waals surface area contributed by atoms with E-state index in [1.54, 1.807) is 4.52 Å². The molecule has 1 amide bonds. The van der Waals surface area contributed by atoms with Gasteiger partial charge in [-0.05, 0) is 35.6 Å². The van der Waals surface area contributed by atoms with E-state index in [4.69, 9.17) is 4.74 Å². The summed E-state index contributed by atoms with van der Waals surface area (Å²) in [6.45, 7) is 7.27. The van der Waals surface area contributed by atoms with Gasteiger partial charge in [-0.1, -0.05) is 39.0 Å². The van der Waals surface area contributed by atoms with Gasteiger partial charge in [0.15, 0.2) is 0 Å². The van der Waals surface area contributed by atoms with Crippen molar-refractivity contribution in [2.75, 3.05) is 6.61 Å². The summed E-state index contributed by atoms with van der Waals surface area (Å²) in [5.41, 5.74) is 4.48. The number of benzene rings is 1. The predicted octanol–water partition coefficient (Wildman–Crippen LogP) is 5.62. The Balaban J connectivity index is 1.55. The number of aromatic nitrogens is 4. The number of nitrogens with one attached hydrogen (secondary N) is 1. The number of hydrogen-bond donors (Lipinski definition) is 1. The molecule has 4 heterocycles. The molecule has 0 radical (unpaired) electrons. The molecule has 0 saturated carbocycles. The van der Waals surface area contributed by atoms with E-state index in [1.807, 2.05) is 58.0 Å². The Bertz CT molecular complexity index is 1480. The first-order chi connectivity index (χ1) is 17.4. The molecule has 5 rings (SSSR count). The second-order valence-electron chi connectivity index (χ2n) is 10.4. The molecule has 10 heteroatoms. The standard InChI is InChI=1S/C27H28F3N5O2/c1-16-11-21-23(26(2,3)4)19(25(36)33-20-9-10-37-22-8-6-5-7-18(20)22)13-32-35(21)24(16)17-12-31-34(14-17)15-27(28,29)30/h5-8,11-14,20H,9-10,15H2,1-4H3,(H,33,36)/t20-/m0/s1. The first kappa shape index (κ1) is 24.9. The maximum Gasteiger partial charge on any atom is 0.408 e. The highest BCUT2D eigenvalue weighted by atomic mass is 19.4. The number of hydrogen-bond acceptors (Lipinski definition) is 4. The van der Waals surface area contributed by atoms with Crippen LogP contribution >= 0.6 is 0 Å². The number of alkyl halides is 3. The van der Waals surface area contributed by atoms with E-state index in [0.717, 1.165) is 32.6 Å². The van der Waals surface area contributed by atoms with Crippen LogP contribution in [0.4, 0.5) is 13.2 Å². The highest BCUT2D eigenvalue weighted by Gasteiger charge is 2.31. The Morgan fingerprint density at radius 1 is 1.16 bits per heavy atom. The average Bonchev–Trinajstić information content (AvgIpc) is 3.39. The third kappa shape index (κ3) is 4.80. The van der Waals surface area contributed by atoms with Crippen LogP contribution in [0.1, 0.15) is 60.3 Å². The minimum Gasteiger partial charge on any atom is -0.493 e. The van der Waals surface area contributed by atoms with Crippen LogP contribution in [-0.2, 0) is 12.0 Å². The van der Waals surface area contributed by atoms with Gasteiger partial charge in [-0.3, -0.25) is 9.48 Å². The number of aryl methyl sites for hydroxylation is 1. The molecule has 3 aromatic heterocycles. The molecule has 1 aliphatic heterocycles. The Kier molecular flexibility index (Phi) is 6.00. The van der Waals surface area contributed by atoms with Crippen LogP contribution in [0.2, 0.25) is 0 Å². The smallest absolute Gasteiger partial charge is 0.408 e. The van der Waals surface area contributed by atoms with E-state index in [-0.39, 0.29) is 11.9 Å². The van der Waals surface area contributed by atoms with Crippen molar-refractivity contribution in [3.8, 4) is 17.0 Å². The van der Waals surface area contributed by atoms with Crippen molar-refractivity contribution in [2.45, 2.75) is 58.3 Å². The number of ether oxygens (including phenoxy) is 1. The fourth-order valence-electron chi connectivity index (χ4n) is 5.03. The Hall–Kier alpha value is -3.82. The maximum atomic E-state index is 13.6. The van der Waals surface area contributed by atoms with Crippen LogP contribution in [0.15, 0.2) is 48.9 Å². The molecule has 194 valence electrons. The summed E-state index contributed by atoms with van der Waals surface area (Å²) < 4.78 is 46.8. The summed E-state index contributed by atoms with van der Waals surface area (Å²) in [4.78, 5) is 13.6. The van der Waals surface area contributed by atoms with E-state index >= 15 is 0 Å². The SMILES string of the molecule is Cc1cc2c(C(C)(C)C)c(C(=O)N[C@H]3CCOc4ccccc43)cnn2c1-c1cnn(CC(F)(F)F)c1. The number of nitrogens with zero attached hydrogens (tertiary/aromatic N) is 4. The van der Waals surface area contributed by atoms with Gasteiger partial charge in [-0.25, -0.2) is 4.52 Å². The fourth-order valence-corrected chi connectivity index (χ4v) is 5.03. The summed E-state index contributed by atoms with van der Waals surface area (Å²) in [7, 11) is 0. The van der Waals surface area contributed by atoms with Crippen LogP contribution in [0, 0.1) is 6.92 Å². The largest absolute Gasteiger partial charge is 0.493 e. The molecule has 0 bridgehead atoms. The van der Waals surface area contributed by atoms with Gasteiger partial charge in [0.2, 0.25) is 0 Å². The number of rotatable bonds is 4. The number of fused-ring (bicyclic) bond motifs is 2. The number of para-hydroxylation sites is 1. The van der Waals surface area contributed by atoms with E-state index in [1.165, 1.54) is 18.6 Å². The lowest BCUT2D eigenvalue weighted by atomic mass is 9.83. The molecule has 0 fully saturated rings. The zero-order valence-electron chi connectivity index (χ0n) is 21.1. The molecule has 4 aromatic rings. The highest BCUT2D eigenvalue weighted by molar-refractivity contribution is 5.98. The van der Waals surface area contributed by atoms with Crippen molar-refractivity contribution in [3.63, 3.8) is 0 Å². The normalized spacial score (nSPS) is 15.9. The summed E-state index contributed by atoms with van der Waals surface area (Å²) in [5, 5.41) is 11.6. The molecule has 0 unspecified atom stereocenters. The monoisotopic (exact) mass is 511 g/mol. The lowest BCUT2D eigenvalue weighted by Crippen LogP contribution is -2.34. The predicted molar refractivity (Wildman–Crippen MR) is 133 cm³/mol. The topological polar surface area (TPSA) is 73.4 Å². The van der Waals surface area contributed by atoms with Gasteiger partial charge in [0, 0.05) is 23.7 Å². The number of halogens is 3. The summed E-state index contributed by atoms with van der Waals surface area (Å²) in [5.74, 6) is 0.529. The minimum atomic E-state index is -4.37. The first-order valence-electron chi connectivity index (χ1n) is 12.1. The Labute approximate surface area is 212 Å². The zero-order chi connectivity index (χ0) is 26.5. The molecule has 0 aliphatic carbocycles. The molecule has 1 aromatic carbocycles. The van der Waals surface area contributed by atoms with Crippen molar-refractivity contribution in [1.29, 1.82) is 0 Å². The van der Waals surface area contributed by atoms with Gasteiger partial charge in [-0.2, -0.15) is 23.4 Å². The summed E-state index contributed by atoms with van der Waals surface area (Å²) in [6.07, 6.45) is 0.591. The summed E-state index contributed by atoms with van der Waals surface area (Å²) in [6, 6.07) is 9.40. The zero-order valence-corrected chi connectivity index (χ0v) is 21.1. The van der Waals surface area contributed by atoms with E-state index in [2.05, 4.69) is 15.5 Å². The molecule has 1 aliphatic rings. The molecule has 0 saturated heterocycles. The lowest BCUT2D eigenvalue weighted by molar-refractivity contribution is -0.142. The maximum absolute atomic E-state index is 13.6. The molecule has 1 atom stereocenters. The lowest BCUT2D eigenvalue weighted by Gasteiger charge is -2.28. The highest BCUT2D eigenvalue weighted by Crippen LogP contribution is 2.36. The second-order valence-corrected chi connectivity index (χ2v) is 10.4. The average molecular weight is 512 g/mol. The van der Waals surface area contributed by atoms with Crippen LogP contribution in [0.5, 0.6) is 5.75 Å². The number of amides is 1. The number of carbonyl (C=O) groups is 1. The van der Waals surface area contributed by atoms with Gasteiger partial charge in [0.05, 0.1) is 41.8 Å². The van der Waals surface area contributed by atoms with Crippen LogP contribution in [0.25, 0.3) is 16.8 Å². The molecule has 0 spiro atoms. The van der Waals surface area contributed by atoms with Crippen LogP contribution < -0.4 is 10.1 Å². The van der Waals surface area contributed by atoms with Gasteiger partial charge in [0.25, 0.3) is 5.91 Å². The van der Waals surface area contributed by atoms with Gasteiger partial charge in [-0.15, -0.1) is 0 Å². The van der Waals surface area contributed by atoms with Gasteiger partial charge < -0.3 is 10.1 Å². The minimum absolute atomic E-state index is 0.190. The summed E-state index contributed by atoms with van der Waals surface area (Å²) >= 11 is 0. The molecule has 7 nitrogen and oxygen atoms in total. The molecular weight excluding hydrogens is 483 g/mol. The van der Waals surface area contributed by atoms with E-state index in [0.29, 0.717) is 29.8 Å². The van der Waals surface area contributed by atoms with Gasteiger partial charge >= 0.3 is 6.18 Å². The van der Waals surface area contributed by atoms with Crippen LogP contribution in [0.3, 0.4) is 0 Å². The third-order valence-electron chi connectivity index (χ3n) is 6.50. The first-order valence-corrected chi connectivity index (χ1v) is 12.1. The molecule has 1 N–H and O–H groups in total. The quantitative estimate of drug-likeness (QED) is 0.386. The second kappa shape index (κ2) is 8.93. The Morgan fingerprint density at radius 2 is 1.92 bits per heavy atom. The van der Waals surface area contributed by atoms with Crippen molar-refractivity contribution in [3.05, 3.63) is 71.2 Å². The fraction of sp³-hybridized carbons (Fsp3) is 0.370. The van der Waals surface area contributed by atoms with E-state index in [9.17, 15) is 18.0 Å². The molecule has 37 heavy (non-hydrogen) atoms. The van der Waals surface area contributed by atoms with Crippen molar-refractivity contribution in [2.24, 2.45) is 0 Å². The molecular formula is C27H28F3N5O2. The van der Waals surface area contributed by atoms with Crippen molar-refractivity contribution in [1.82, 2.24) is 24.7 Å². The Morgan fingerprint density at radius 3 is 2.65 bits per heavy atom. The van der Waals surface area contributed by atoms with E-state index < -0.39 is 18.1 Å². The van der Waals surface area contributed by atoms with Crippen molar-refractivity contribution < 1.29 is 22.7 Å². The van der Waals surface area contributed by atoms with Crippen LogP contribution in [-0.4, -0.2) is 38.1 Å². The third-order valence-corrected chi connectivity index (χ3v) is 6.50. The van der Waals surface area contributed by atoms with Gasteiger partial charge in [0.1, 0.15) is 12.3 Å².